The summed E-state index contributed by atoms with van der Waals surface area (Å²) in [6.45, 7) is 0.504. The van der Waals surface area contributed by atoms with E-state index in [-0.39, 0.29) is 5.69 Å². The zero-order chi connectivity index (χ0) is 22.9. The summed E-state index contributed by atoms with van der Waals surface area (Å²) in [5.74, 6) is 1.03. The third kappa shape index (κ3) is 6.46. The summed E-state index contributed by atoms with van der Waals surface area (Å²) in [6, 6.07) is 28.7. The molecular weight excluding hydrogens is 414 g/mol. The van der Waals surface area contributed by atoms with Gasteiger partial charge in [0.05, 0.1) is 11.5 Å². The van der Waals surface area contributed by atoms with Gasteiger partial charge in [-0.05, 0) is 42.5 Å². The first-order chi connectivity index (χ1) is 16.2. The molecule has 0 saturated carbocycles. The maximum absolute atomic E-state index is 11.0. The van der Waals surface area contributed by atoms with Crippen LogP contribution in [0.5, 0.6) is 5.88 Å². The molecule has 0 saturated heterocycles. The molecule has 166 valence electrons. The molecule has 0 spiro atoms. The fourth-order valence-corrected chi connectivity index (χ4v) is 3.57. The molecule has 6 heteroatoms. The monoisotopic (exact) mass is 439 g/mol. The van der Waals surface area contributed by atoms with Gasteiger partial charge in [0.15, 0.2) is 5.82 Å². The van der Waals surface area contributed by atoms with Gasteiger partial charge in [0, 0.05) is 35.9 Å². The van der Waals surface area contributed by atoms with Crippen LogP contribution in [0, 0.1) is 10.1 Å². The number of hydrogen-bond acceptors (Lipinski definition) is 5. The minimum atomic E-state index is -0.414. The second-order valence-electron chi connectivity index (χ2n) is 7.75. The molecule has 0 N–H and O–H groups in total. The van der Waals surface area contributed by atoms with Crippen molar-refractivity contribution >= 4 is 5.69 Å². The molecule has 4 rings (SSSR count). The molecule has 0 aliphatic rings. The largest absolute Gasteiger partial charge is 0.477 e. The summed E-state index contributed by atoms with van der Waals surface area (Å²) in [4.78, 5) is 19.9. The molecule has 4 aromatic rings. The fourth-order valence-electron chi connectivity index (χ4n) is 3.57. The van der Waals surface area contributed by atoms with Crippen LogP contribution in [0.1, 0.15) is 23.2 Å². The summed E-state index contributed by atoms with van der Waals surface area (Å²) < 4.78 is 5.98. The lowest BCUT2D eigenvalue weighted by atomic mass is 10.1. The number of aromatic nitrogens is 2. The highest BCUT2D eigenvalue weighted by Crippen LogP contribution is 2.23. The van der Waals surface area contributed by atoms with E-state index in [0.717, 1.165) is 36.9 Å². The van der Waals surface area contributed by atoms with E-state index in [2.05, 4.69) is 29.2 Å². The molecule has 0 bridgehead atoms. The normalized spacial score (nSPS) is 10.7. The number of nitro benzene ring substituents is 1. The van der Waals surface area contributed by atoms with Crippen LogP contribution in [-0.2, 0) is 19.3 Å². The summed E-state index contributed by atoms with van der Waals surface area (Å²) in [6.07, 6.45) is 3.47. The molecule has 1 aromatic heterocycles. The highest BCUT2D eigenvalue weighted by atomic mass is 16.6. The lowest BCUT2D eigenvalue weighted by molar-refractivity contribution is -0.384. The second kappa shape index (κ2) is 11.0. The summed E-state index contributed by atoms with van der Waals surface area (Å²) >= 11 is 0. The van der Waals surface area contributed by atoms with E-state index in [9.17, 15) is 10.1 Å². The molecule has 0 amide bonds. The van der Waals surface area contributed by atoms with Crippen molar-refractivity contribution in [2.75, 3.05) is 6.61 Å². The number of hydrogen-bond donors (Lipinski definition) is 0. The van der Waals surface area contributed by atoms with Crippen molar-refractivity contribution in [1.82, 2.24) is 9.97 Å². The topological polar surface area (TPSA) is 78.2 Å². The van der Waals surface area contributed by atoms with Gasteiger partial charge in [-0.25, -0.2) is 4.98 Å². The summed E-state index contributed by atoms with van der Waals surface area (Å²) in [5.41, 5.74) is 4.14. The van der Waals surface area contributed by atoms with Gasteiger partial charge >= 0.3 is 0 Å². The van der Waals surface area contributed by atoms with Crippen LogP contribution < -0.4 is 4.74 Å². The Hall–Kier alpha value is -4.06. The van der Waals surface area contributed by atoms with E-state index in [1.165, 1.54) is 23.3 Å². The Morgan fingerprint density at radius 2 is 1.39 bits per heavy atom. The smallest absolute Gasteiger partial charge is 0.269 e. The van der Waals surface area contributed by atoms with Crippen molar-refractivity contribution in [3.8, 4) is 17.3 Å². The highest BCUT2D eigenvalue weighted by Gasteiger charge is 2.11. The van der Waals surface area contributed by atoms with E-state index in [0.29, 0.717) is 18.3 Å². The molecule has 6 nitrogen and oxygen atoms in total. The number of aryl methyl sites for hydroxylation is 2. The second-order valence-corrected chi connectivity index (χ2v) is 7.75. The van der Waals surface area contributed by atoms with Gasteiger partial charge in [0.1, 0.15) is 0 Å². The highest BCUT2D eigenvalue weighted by molar-refractivity contribution is 5.58. The average molecular weight is 440 g/mol. The maximum atomic E-state index is 11.0. The predicted molar refractivity (Wildman–Crippen MR) is 128 cm³/mol. The van der Waals surface area contributed by atoms with Crippen molar-refractivity contribution in [1.29, 1.82) is 0 Å². The minimum absolute atomic E-state index is 0.0390. The van der Waals surface area contributed by atoms with Crippen LogP contribution in [0.15, 0.2) is 91.0 Å². The molecule has 3 aromatic carbocycles. The van der Waals surface area contributed by atoms with Crippen LogP contribution in [-0.4, -0.2) is 21.5 Å². The molecule has 0 atom stereocenters. The van der Waals surface area contributed by atoms with E-state index >= 15 is 0 Å². The lowest BCUT2D eigenvalue weighted by Crippen LogP contribution is -2.06. The Kier molecular flexibility index (Phi) is 7.38. The van der Waals surface area contributed by atoms with Gasteiger partial charge in [-0.2, -0.15) is 4.98 Å². The zero-order valence-corrected chi connectivity index (χ0v) is 18.3. The Morgan fingerprint density at radius 1 is 0.758 bits per heavy atom. The molecule has 0 aliphatic carbocycles. The van der Waals surface area contributed by atoms with E-state index in [1.54, 1.807) is 12.1 Å². The Labute approximate surface area is 193 Å². The third-order valence-corrected chi connectivity index (χ3v) is 5.32. The number of rotatable bonds is 10. The Balaban J connectivity index is 1.50. The Morgan fingerprint density at radius 3 is 2.03 bits per heavy atom. The first-order valence-corrected chi connectivity index (χ1v) is 11.0. The quantitative estimate of drug-likeness (QED) is 0.229. The molecule has 0 aliphatic heterocycles. The average Bonchev–Trinajstić information content (AvgIpc) is 2.85. The maximum Gasteiger partial charge on any atom is 0.269 e. The minimum Gasteiger partial charge on any atom is -0.477 e. The molecule has 0 unspecified atom stereocenters. The fraction of sp³-hybridized carbons (Fsp3) is 0.185. The van der Waals surface area contributed by atoms with E-state index in [1.807, 2.05) is 42.5 Å². The first kappa shape index (κ1) is 22.1. The molecule has 0 radical (unpaired) electrons. The predicted octanol–water partition coefficient (Wildman–Crippen LogP) is 5.85. The van der Waals surface area contributed by atoms with Gasteiger partial charge in [-0.3, -0.25) is 10.1 Å². The van der Waals surface area contributed by atoms with Crippen LogP contribution >= 0.6 is 0 Å². The van der Waals surface area contributed by atoms with Crippen molar-refractivity contribution in [2.45, 2.75) is 25.7 Å². The van der Waals surface area contributed by atoms with Gasteiger partial charge in [0.25, 0.3) is 5.69 Å². The lowest BCUT2D eigenvalue weighted by Gasteiger charge is -2.10. The van der Waals surface area contributed by atoms with Crippen LogP contribution in [0.25, 0.3) is 11.4 Å². The molecular formula is C27H25N3O3. The zero-order valence-electron chi connectivity index (χ0n) is 18.3. The number of benzene rings is 3. The first-order valence-electron chi connectivity index (χ1n) is 11.0. The van der Waals surface area contributed by atoms with Crippen LogP contribution in [0.3, 0.4) is 0 Å². The number of nitro groups is 1. The van der Waals surface area contributed by atoms with Gasteiger partial charge in [-0.15, -0.1) is 0 Å². The molecule has 0 fully saturated rings. The van der Waals surface area contributed by atoms with E-state index in [4.69, 9.17) is 9.72 Å². The summed E-state index contributed by atoms with van der Waals surface area (Å²) in [5, 5.41) is 11.0. The number of ether oxygens (including phenoxy) is 1. The van der Waals surface area contributed by atoms with Crippen molar-refractivity contribution in [2.24, 2.45) is 0 Å². The standard InChI is InChI=1S/C27H25N3O3/c31-30(32)25-16-14-23(15-17-25)27-28-24(13-7-12-21-8-3-1-4-9-21)20-26(29-27)33-19-18-22-10-5-2-6-11-22/h1-6,8-11,14-17,20H,7,12-13,18-19H2. The molecule has 1 heterocycles. The number of nitrogens with zero attached hydrogens (tertiary/aromatic N) is 3. The summed E-state index contributed by atoms with van der Waals surface area (Å²) in [7, 11) is 0. The van der Waals surface area contributed by atoms with Crippen molar-refractivity contribution < 1.29 is 9.66 Å². The molecule has 33 heavy (non-hydrogen) atoms. The van der Waals surface area contributed by atoms with Gasteiger partial charge in [-0.1, -0.05) is 60.7 Å². The Bertz CT molecular complexity index is 1120. The van der Waals surface area contributed by atoms with Crippen LogP contribution in [0.4, 0.5) is 5.69 Å². The third-order valence-electron chi connectivity index (χ3n) is 5.32. The SMILES string of the molecule is O=[N+]([O-])c1ccc(-c2nc(CCCc3ccccc3)cc(OCCc3ccccc3)n2)cc1. The van der Waals surface area contributed by atoms with Gasteiger partial charge < -0.3 is 4.74 Å². The van der Waals surface area contributed by atoms with Crippen molar-refractivity contribution in [3.63, 3.8) is 0 Å². The number of non-ortho nitro benzene ring substituents is 1. The van der Waals surface area contributed by atoms with Crippen molar-refractivity contribution in [3.05, 3.63) is 118 Å². The van der Waals surface area contributed by atoms with Crippen LogP contribution in [0.2, 0.25) is 0 Å². The van der Waals surface area contributed by atoms with E-state index < -0.39 is 4.92 Å². The van der Waals surface area contributed by atoms with Gasteiger partial charge in [0.2, 0.25) is 5.88 Å².